The van der Waals surface area contributed by atoms with E-state index in [1.54, 1.807) is 18.4 Å². The van der Waals surface area contributed by atoms with Gasteiger partial charge in [-0.2, -0.15) is 4.68 Å². The van der Waals surface area contributed by atoms with Crippen LogP contribution in [0.4, 0.5) is 10.8 Å². The maximum Gasteiger partial charge on any atom is 0.209 e. The van der Waals surface area contributed by atoms with Gasteiger partial charge in [-0.3, -0.25) is 0 Å². The van der Waals surface area contributed by atoms with Crippen LogP contribution in [0.25, 0.3) is 0 Å². The highest BCUT2D eigenvalue weighted by molar-refractivity contribution is 7.73. The summed E-state index contributed by atoms with van der Waals surface area (Å²) >= 11 is 14.5. The van der Waals surface area contributed by atoms with Crippen molar-refractivity contribution in [1.82, 2.24) is 9.78 Å². The Kier molecular flexibility index (Phi) is 6.08. The fourth-order valence-electron chi connectivity index (χ4n) is 2.31. The molecule has 5 nitrogen and oxygen atoms in total. The second-order valence-corrected chi connectivity index (χ2v) is 8.95. The van der Waals surface area contributed by atoms with Crippen molar-refractivity contribution >= 4 is 57.3 Å². The highest BCUT2D eigenvalue weighted by Crippen LogP contribution is 2.22. The Hall–Kier alpha value is -1.45. The summed E-state index contributed by atoms with van der Waals surface area (Å²) in [7, 11) is 3.77. The number of ether oxygens (including phenoxy) is 1. The number of nitrogens with zero attached hydrogens (tertiary/aromatic N) is 2. The smallest absolute Gasteiger partial charge is 0.209 e. The third-order valence-electron chi connectivity index (χ3n) is 3.47. The van der Waals surface area contributed by atoms with Gasteiger partial charge in [-0.05, 0) is 48.6 Å². The van der Waals surface area contributed by atoms with E-state index in [-0.39, 0.29) is 0 Å². The lowest BCUT2D eigenvalue weighted by Gasteiger charge is -2.12. The van der Waals surface area contributed by atoms with Crippen molar-refractivity contribution in [1.29, 1.82) is 0 Å². The topological polar surface area (TPSA) is 43.5 Å². The van der Waals surface area contributed by atoms with Crippen molar-refractivity contribution in [3.63, 3.8) is 0 Å². The highest BCUT2D eigenvalue weighted by atomic mass is 35.5. The molecule has 1 aromatic carbocycles. The summed E-state index contributed by atoms with van der Waals surface area (Å²) in [5, 5.41) is 8.64. The first-order valence-corrected chi connectivity index (χ1v) is 10.00. The molecular weight excluding hydrogens is 396 g/mol. The van der Waals surface area contributed by atoms with Crippen LogP contribution in [0.1, 0.15) is 4.88 Å². The van der Waals surface area contributed by atoms with E-state index < -0.39 is 0 Å². The van der Waals surface area contributed by atoms with Gasteiger partial charge >= 0.3 is 0 Å². The van der Waals surface area contributed by atoms with Crippen molar-refractivity contribution in [3.05, 3.63) is 49.6 Å². The van der Waals surface area contributed by atoms with Gasteiger partial charge in [0.1, 0.15) is 12.3 Å². The Labute approximate surface area is 164 Å². The van der Waals surface area contributed by atoms with Crippen LogP contribution in [-0.2, 0) is 13.2 Å². The van der Waals surface area contributed by atoms with Gasteiger partial charge in [0.25, 0.3) is 0 Å². The van der Waals surface area contributed by atoms with Crippen LogP contribution >= 0.6 is 46.5 Å². The van der Waals surface area contributed by atoms with Crippen molar-refractivity contribution in [2.24, 2.45) is 0 Å². The summed E-state index contributed by atoms with van der Waals surface area (Å²) in [5.74, 6) is 0.822. The van der Waals surface area contributed by atoms with Crippen LogP contribution < -0.4 is 15.0 Å². The standard InChI is InChI=1S/C16H17ClN4OS3/c1-20(9-13-7-8-14(17)24-13)10-21-16(23)25-15(19-21)18-11-3-5-12(22-2)6-4-11/h3-8H,9-10H2,1-2H3,(H,18,19)/p+1. The molecule has 2 aromatic heterocycles. The zero-order valence-corrected chi connectivity index (χ0v) is 17.0. The van der Waals surface area contributed by atoms with Crippen LogP contribution in [0.15, 0.2) is 36.4 Å². The molecule has 0 saturated heterocycles. The van der Waals surface area contributed by atoms with Crippen LogP contribution in [0.3, 0.4) is 0 Å². The molecule has 3 rings (SSSR count). The summed E-state index contributed by atoms with van der Waals surface area (Å²) in [6.45, 7) is 1.59. The number of hydrogen-bond donors (Lipinski definition) is 2. The molecular formula is C16H18ClN4OS3+. The van der Waals surface area contributed by atoms with Crippen LogP contribution in [-0.4, -0.2) is 23.9 Å². The van der Waals surface area contributed by atoms with Crippen molar-refractivity contribution in [2.45, 2.75) is 13.2 Å². The lowest BCUT2D eigenvalue weighted by atomic mass is 10.3. The number of aromatic nitrogens is 2. The number of hydrogen-bond acceptors (Lipinski definition) is 6. The van der Waals surface area contributed by atoms with Gasteiger partial charge in [-0.15, -0.1) is 16.4 Å². The predicted octanol–water partition coefficient (Wildman–Crippen LogP) is 3.81. The molecule has 0 spiro atoms. The third-order valence-corrected chi connectivity index (χ3v) is 5.93. The molecule has 25 heavy (non-hydrogen) atoms. The Morgan fingerprint density at radius 1 is 1.24 bits per heavy atom. The fourth-order valence-corrected chi connectivity index (χ4v) is 4.54. The zero-order valence-electron chi connectivity index (χ0n) is 13.8. The third kappa shape index (κ3) is 5.02. The highest BCUT2D eigenvalue weighted by Gasteiger charge is 2.11. The molecule has 1 atom stereocenters. The predicted molar refractivity (Wildman–Crippen MR) is 107 cm³/mol. The van der Waals surface area contributed by atoms with E-state index in [2.05, 4.69) is 23.5 Å². The Bertz CT molecular complexity index is 887. The molecule has 132 valence electrons. The maximum absolute atomic E-state index is 5.99. The van der Waals surface area contributed by atoms with E-state index in [1.165, 1.54) is 21.1 Å². The average Bonchev–Trinajstić information content (AvgIpc) is 3.14. The Morgan fingerprint density at radius 3 is 2.64 bits per heavy atom. The largest absolute Gasteiger partial charge is 0.497 e. The molecule has 0 aliphatic heterocycles. The lowest BCUT2D eigenvalue weighted by molar-refractivity contribution is -0.917. The molecule has 0 radical (unpaired) electrons. The molecule has 9 heteroatoms. The fraction of sp³-hybridized carbons (Fsp3) is 0.250. The average molecular weight is 414 g/mol. The molecule has 0 bridgehead atoms. The molecule has 0 fully saturated rings. The maximum atomic E-state index is 5.99. The van der Waals surface area contributed by atoms with Crippen molar-refractivity contribution in [3.8, 4) is 5.75 Å². The number of quaternary nitrogens is 1. The normalized spacial score (nSPS) is 12.1. The number of benzene rings is 1. The molecule has 2 N–H and O–H groups in total. The molecule has 0 saturated carbocycles. The summed E-state index contributed by atoms with van der Waals surface area (Å²) in [4.78, 5) is 2.54. The monoisotopic (exact) mass is 413 g/mol. The van der Waals surface area contributed by atoms with Crippen molar-refractivity contribution in [2.75, 3.05) is 19.5 Å². The molecule has 1 unspecified atom stereocenters. The van der Waals surface area contributed by atoms with Crippen molar-refractivity contribution < 1.29 is 9.64 Å². The van der Waals surface area contributed by atoms with Crippen LogP contribution in [0.2, 0.25) is 4.34 Å². The van der Waals surface area contributed by atoms with Gasteiger partial charge in [0.05, 0.1) is 23.4 Å². The molecule has 0 amide bonds. The molecule has 3 aromatic rings. The van der Waals surface area contributed by atoms with Gasteiger partial charge in [0.2, 0.25) is 5.13 Å². The lowest BCUT2D eigenvalue weighted by Crippen LogP contribution is -3.06. The van der Waals surface area contributed by atoms with Gasteiger partial charge in [0, 0.05) is 5.69 Å². The molecule has 2 heterocycles. The van der Waals surface area contributed by atoms with E-state index >= 15 is 0 Å². The summed E-state index contributed by atoms with van der Waals surface area (Å²) < 4.78 is 8.59. The SMILES string of the molecule is COc1ccc(Nc2nn(C[NH+](C)Cc3ccc(Cl)s3)c(=S)s2)cc1. The van der Waals surface area contributed by atoms with E-state index in [9.17, 15) is 0 Å². The molecule has 0 aliphatic carbocycles. The first-order valence-electron chi connectivity index (χ1n) is 7.58. The van der Waals surface area contributed by atoms with Gasteiger partial charge in [-0.25, -0.2) is 0 Å². The number of halogens is 1. The number of methoxy groups -OCH3 is 1. The van der Waals surface area contributed by atoms with Crippen LogP contribution in [0.5, 0.6) is 5.75 Å². The number of anilines is 2. The Morgan fingerprint density at radius 2 is 2.00 bits per heavy atom. The van der Waals surface area contributed by atoms with E-state index in [0.717, 1.165) is 31.4 Å². The summed E-state index contributed by atoms with van der Waals surface area (Å²) in [5.41, 5.74) is 0.950. The minimum atomic E-state index is 0.704. The number of rotatable bonds is 7. The molecule has 0 aliphatic rings. The summed E-state index contributed by atoms with van der Waals surface area (Å²) in [6.07, 6.45) is 0. The number of nitrogens with one attached hydrogen (secondary N) is 2. The summed E-state index contributed by atoms with van der Waals surface area (Å²) in [6, 6.07) is 11.7. The van der Waals surface area contributed by atoms with Gasteiger partial charge in [-0.1, -0.05) is 22.9 Å². The first-order chi connectivity index (χ1) is 12.0. The van der Waals surface area contributed by atoms with Crippen LogP contribution in [0, 0.1) is 3.95 Å². The first kappa shape index (κ1) is 18.3. The minimum absolute atomic E-state index is 0.704. The second-order valence-electron chi connectivity index (χ2n) is 5.52. The quantitative estimate of drug-likeness (QED) is 0.578. The minimum Gasteiger partial charge on any atom is -0.497 e. The van der Waals surface area contributed by atoms with Gasteiger partial charge < -0.3 is 15.0 Å². The Balaban J connectivity index is 1.64. The zero-order chi connectivity index (χ0) is 17.8. The second kappa shape index (κ2) is 8.29. The number of thiophene rings is 1. The van der Waals surface area contributed by atoms with E-state index in [0.29, 0.717) is 6.67 Å². The van der Waals surface area contributed by atoms with E-state index in [4.69, 9.17) is 28.6 Å². The van der Waals surface area contributed by atoms with Gasteiger partial charge in [0.15, 0.2) is 10.6 Å². The van der Waals surface area contributed by atoms with E-state index in [1.807, 2.05) is 35.0 Å².